The first-order valence-corrected chi connectivity index (χ1v) is 6.36. The van der Waals surface area contributed by atoms with Crippen molar-refractivity contribution in [3.8, 4) is 0 Å². The topological polar surface area (TPSA) is 65.2 Å². The predicted octanol–water partition coefficient (Wildman–Crippen LogP) is 3.06. The number of aryl methyl sites for hydroxylation is 1. The van der Waals surface area contributed by atoms with Gasteiger partial charge in [0.2, 0.25) is 0 Å². The van der Waals surface area contributed by atoms with Crippen LogP contribution < -0.4 is 5.73 Å². The van der Waals surface area contributed by atoms with Crippen LogP contribution in [0.3, 0.4) is 0 Å². The van der Waals surface area contributed by atoms with E-state index in [1.165, 1.54) is 6.20 Å². The van der Waals surface area contributed by atoms with Crippen LogP contribution >= 0.6 is 15.9 Å². The van der Waals surface area contributed by atoms with Gasteiger partial charge in [-0.05, 0) is 25.5 Å². The number of benzene rings is 1. The van der Waals surface area contributed by atoms with Crippen LogP contribution in [-0.4, -0.2) is 17.6 Å². The van der Waals surface area contributed by atoms with E-state index in [9.17, 15) is 4.79 Å². The Balaban J connectivity index is 2.71. The van der Waals surface area contributed by atoms with Gasteiger partial charge in [-0.25, -0.2) is 4.79 Å². The summed E-state index contributed by atoms with van der Waals surface area (Å²) in [5.41, 5.74) is 8.54. The number of anilines is 1. The van der Waals surface area contributed by atoms with E-state index in [1.54, 1.807) is 6.92 Å². The van der Waals surface area contributed by atoms with Crippen LogP contribution in [0.15, 0.2) is 22.8 Å². The van der Waals surface area contributed by atoms with Gasteiger partial charge in [-0.3, -0.25) is 4.98 Å². The zero-order valence-electron chi connectivity index (χ0n) is 10.2. The predicted molar refractivity (Wildman–Crippen MR) is 74.5 cm³/mol. The van der Waals surface area contributed by atoms with Crippen molar-refractivity contribution in [2.45, 2.75) is 13.8 Å². The number of halogens is 1. The van der Waals surface area contributed by atoms with E-state index < -0.39 is 5.97 Å². The molecule has 4 nitrogen and oxygen atoms in total. The van der Waals surface area contributed by atoms with Crippen LogP contribution in [0.1, 0.15) is 22.8 Å². The maximum atomic E-state index is 11.7. The molecule has 94 valence electrons. The summed E-state index contributed by atoms with van der Waals surface area (Å²) in [6, 6.07) is 3.84. The molecule has 0 bridgehead atoms. The Labute approximate surface area is 113 Å². The van der Waals surface area contributed by atoms with Crippen molar-refractivity contribution in [1.29, 1.82) is 0 Å². The molecule has 0 fully saturated rings. The highest BCUT2D eigenvalue weighted by molar-refractivity contribution is 9.10. The van der Waals surface area contributed by atoms with E-state index in [4.69, 9.17) is 10.5 Å². The molecule has 1 aromatic heterocycles. The number of carbonyl (C=O) groups excluding carboxylic acids is 1. The molecule has 0 spiro atoms. The summed E-state index contributed by atoms with van der Waals surface area (Å²) in [5, 5.41) is 0.751. The Hall–Kier alpha value is -1.62. The molecule has 0 aliphatic carbocycles. The molecule has 0 amide bonds. The molecule has 0 unspecified atom stereocenters. The smallest absolute Gasteiger partial charge is 0.341 e. The molecule has 0 saturated heterocycles. The van der Waals surface area contributed by atoms with Gasteiger partial charge >= 0.3 is 5.97 Å². The highest BCUT2D eigenvalue weighted by atomic mass is 79.9. The summed E-state index contributed by atoms with van der Waals surface area (Å²) >= 11 is 3.43. The lowest BCUT2D eigenvalue weighted by Crippen LogP contribution is -2.09. The van der Waals surface area contributed by atoms with Gasteiger partial charge < -0.3 is 10.5 Å². The summed E-state index contributed by atoms with van der Waals surface area (Å²) in [7, 11) is 0. The van der Waals surface area contributed by atoms with Crippen molar-refractivity contribution < 1.29 is 9.53 Å². The van der Waals surface area contributed by atoms with Crippen molar-refractivity contribution in [3.05, 3.63) is 33.9 Å². The molecule has 18 heavy (non-hydrogen) atoms. The quantitative estimate of drug-likeness (QED) is 0.866. The number of fused-ring (bicyclic) bond motifs is 1. The number of rotatable bonds is 2. The first-order valence-electron chi connectivity index (χ1n) is 5.56. The summed E-state index contributed by atoms with van der Waals surface area (Å²) in [6.07, 6.45) is 1.47. The van der Waals surface area contributed by atoms with Crippen molar-refractivity contribution in [1.82, 2.24) is 4.98 Å². The van der Waals surface area contributed by atoms with Gasteiger partial charge in [0, 0.05) is 16.1 Å². The zero-order chi connectivity index (χ0) is 13.3. The number of hydrogen-bond donors (Lipinski definition) is 1. The van der Waals surface area contributed by atoms with Crippen LogP contribution in [-0.2, 0) is 4.74 Å². The summed E-state index contributed by atoms with van der Waals surface area (Å²) in [5.74, 6) is -0.446. The van der Waals surface area contributed by atoms with E-state index in [-0.39, 0.29) is 0 Å². The molecule has 0 radical (unpaired) electrons. The molecule has 2 aromatic rings. The Kier molecular flexibility index (Phi) is 3.52. The lowest BCUT2D eigenvalue weighted by atomic mass is 10.1. The van der Waals surface area contributed by atoms with Crippen LogP contribution in [0.5, 0.6) is 0 Å². The number of nitrogens with two attached hydrogens (primary N) is 1. The summed E-state index contributed by atoms with van der Waals surface area (Å²) in [6.45, 7) is 4.01. The lowest BCUT2D eigenvalue weighted by molar-refractivity contribution is 0.0527. The molecule has 2 N–H and O–H groups in total. The third-order valence-electron chi connectivity index (χ3n) is 2.71. The summed E-state index contributed by atoms with van der Waals surface area (Å²) < 4.78 is 5.77. The van der Waals surface area contributed by atoms with Crippen molar-refractivity contribution in [2.75, 3.05) is 12.3 Å². The number of pyridine rings is 1. The third-order valence-corrected chi connectivity index (χ3v) is 3.37. The van der Waals surface area contributed by atoms with E-state index >= 15 is 0 Å². The van der Waals surface area contributed by atoms with E-state index in [0.717, 1.165) is 20.9 Å². The fourth-order valence-electron chi connectivity index (χ4n) is 1.80. The molecule has 0 atom stereocenters. The van der Waals surface area contributed by atoms with Crippen molar-refractivity contribution >= 4 is 38.5 Å². The average molecular weight is 309 g/mol. The maximum Gasteiger partial charge on any atom is 0.341 e. The van der Waals surface area contributed by atoms with E-state index in [2.05, 4.69) is 20.9 Å². The van der Waals surface area contributed by atoms with Crippen LogP contribution in [0.25, 0.3) is 10.9 Å². The zero-order valence-corrected chi connectivity index (χ0v) is 11.7. The lowest BCUT2D eigenvalue weighted by Gasteiger charge is -2.10. The molecule has 5 heteroatoms. The molecule has 2 rings (SSSR count). The van der Waals surface area contributed by atoms with Crippen LogP contribution in [0.4, 0.5) is 5.69 Å². The van der Waals surface area contributed by atoms with Crippen LogP contribution in [0, 0.1) is 6.92 Å². The Morgan fingerprint density at radius 1 is 1.50 bits per heavy atom. The highest BCUT2D eigenvalue weighted by Crippen LogP contribution is 2.32. The minimum atomic E-state index is -0.446. The molecular weight excluding hydrogens is 296 g/mol. The van der Waals surface area contributed by atoms with Gasteiger partial charge in [-0.1, -0.05) is 22.0 Å². The SMILES string of the molecule is CCOC(=O)c1cnc2c(C)ccc(Br)c2c1N. The monoisotopic (exact) mass is 308 g/mol. The Bertz CT molecular complexity index is 626. The van der Waals surface area contributed by atoms with Crippen LogP contribution in [0.2, 0.25) is 0 Å². The number of ether oxygens (including phenoxy) is 1. The minimum absolute atomic E-state index is 0.302. The Morgan fingerprint density at radius 3 is 2.89 bits per heavy atom. The first-order chi connectivity index (χ1) is 8.56. The fraction of sp³-hybridized carbons (Fsp3) is 0.231. The number of nitrogen functional groups attached to an aromatic ring is 1. The van der Waals surface area contributed by atoms with Gasteiger partial charge in [0.1, 0.15) is 5.56 Å². The van der Waals surface area contributed by atoms with E-state index in [1.807, 2.05) is 19.1 Å². The first kappa shape index (κ1) is 12.8. The molecular formula is C13H13BrN2O2. The van der Waals surface area contributed by atoms with Crippen molar-refractivity contribution in [2.24, 2.45) is 0 Å². The van der Waals surface area contributed by atoms with Crippen molar-refractivity contribution in [3.63, 3.8) is 0 Å². The number of esters is 1. The van der Waals surface area contributed by atoms with Gasteiger partial charge in [0.15, 0.2) is 0 Å². The maximum absolute atomic E-state index is 11.7. The van der Waals surface area contributed by atoms with Gasteiger partial charge in [0.25, 0.3) is 0 Å². The minimum Gasteiger partial charge on any atom is -0.462 e. The second-order valence-corrected chi connectivity index (χ2v) is 4.75. The second-order valence-electron chi connectivity index (χ2n) is 3.89. The molecule has 1 heterocycles. The number of nitrogens with zero attached hydrogens (tertiary/aromatic N) is 1. The Morgan fingerprint density at radius 2 is 2.22 bits per heavy atom. The molecule has 0 aliphatic heterocycles. The number of aromatic nitrogens is 1. The summed E-state index contributed by atoms with van der Waals surface area (Å²) in [4.78, 5) is 16.0. The number of hydrogen-bond acceptors (Lipinski definition) is 4. The third kappa shape index (κ3) is 2.06. The molecule has 0 aliphatic rings. The standard InChI is InChI=1S/C13H13BrN2O2/c1-3-18-13(17)8-6-16-12-7(2)4-5-9(14)10(12)11(8)15/h4-6H,3H2,1-2H3,(H2,15,16). The fourth-order valence-corrected chi connectivity index (χ4v) is 2.33. The molecule has 1 aromatic carbocycles. The second kappa shape index (κ2) is 4.94. The van der Waals surface area contributed by atoms with Gasteiger partial charge in [-0.2, -0.15) is 0 Å². The van der Waals surface area contributed by atoms with Gasteiger partial charge in [0.05, 0.1) is 17.8 Å². The van der Waals surface area contributed by atoms with E-state index in [0.29, 0.717) is 17.9 Å². The van der Waals surface area contributed by atoms with Gasteiger partial charge in [-0.15, -0.1) is 0 Å². The molecule has 0 saturated carbocycles. The number of carbonyl (C=O) groups is 1. The largest absolute Gasteiger partial charge is 0.462 e. The highest BCUT2D eigenvalue weighted by Gasteiger charge is 2.16. The average Bonchev–Trinajstić information content (AvgIpc) is 2.34. The normalized spacial score (nSPS) is 10.6.